The molecule has 0 unspecified atom stereocenters. The van der Waals surface area contributed by atoms with Crippen LogP contribution in [0.15, 0.2) is 194 Å². The van der Waals surface area contributed by atoms with Crippen molar-refractivity contribution in [3.05, 3.63) is 205 Å². The van der Waals surface area contributed by atoms with E-state index in [0.717, 1.165) is 50.1 Å². The molecule has 8 aromatic carbocycles. The summed E-state index contributed by atoms with van der Waals surface area (Å²) < 4.78 is 55.9. The van der Waals surface area contributed by atoms with Gasteiger partial charge in [0.25, 0.3) is 0 Å². The third kappa shape index (κ3) is 5.75. The van der Waals surface area contributed by atoms with E-state index >= 15 is 0 Å². The fourth-order valence-corrected chi connectivity index (χ4v) is 7.98. The van der Waals surface area contributed by atoms with Crippen molar-refractivity contribution in [2.75, 3.05) is 0 Å². The van der Waals surface area contributed by atoms with Crippen LogP contribution in [0.25, 0.3) is 89.2 Å². The first kappa shape index (κ1) is 26.8. The van der Waals surface area contributed by atoms with Gasteiger partial charge in [-0.15, -0.1) is 0 Å². The molecule has 1 aliphatic carbocycles. The van der Waals surface area contributed by atoms with Crippen molar-refractivity contribution < 1.29 is 8.22 Å². The van der Waals surface area contributed by atoms with Crippen LogP contribution in [0.3, 0.4) is 0 Å². The van der Waals surface area contributed by atoms with Crippen molar-refractivity contribution in [3.8, 4) is 78.4 Å². The van der Waals surface area contributed by atoms with Gasteiger partial charge in [-0.2, -0.15) is 0 Å². The van der Waals surface area contributed by atoms with Gasteiger partial charge in [-0.1, -0.05) is 184 Å². The van der Waals surface area contributed by atoms with Gasteiger partial charge in [0, 0.05) is 22.1 Å². The molecule has 55 heavy (non-hydrogen) atoms. The molecule has 0 amide bonds. The highest BCUT2D eigenvalue weighted by Gasteiger charge is 2.36. The van der Waals surface area contributed by atoms with Crippen molar-refractivity contribution in [2.45, 2.75) is 19.3 Å². The second-order valence-corrected chi connectivity index (χ2v) is 14.5. The Hall–Kier alpha value is -6.90. The Morgan fingerprint density at radius 2 is 0.873 bits per heavy atom. The molecule has 0 aliphatic heterocycles. The van der Waals surface area contributed by atoms with Gasteiger partial charge in [0.15, 0.2) is 5.82 Å². The first-order valence-electron chi connectivity index (χ1n) is 21.5. The number of hydrogen-bond acceptors (Lipinski definition) is 2. The van der Waals surface area contributed by atoms with E-state index in [1.165, 1.54) is 5.56 Å². The zero-order chi connectivity index (χ0) is 42.2. The Balaban J connectivity index is 1.20. The molecule has 1 aliphatic rings. The van der Waals surface area contributed by atoms with Gasteiger partial charge in [0.1, 0.15) is 0 Å². The van der Waals surface area contributed by atoms with Gasteiger partial charge in [-0.25, -0.2) is 9.97 Å². The van der Waals surface area contributed by atoms with Gasteiger partial charge in [-0.3, -0.25) is 0 Å². The third-order valence-corrected chi connectivity index (χ3v) is 10.9. The molecule has 0 saturated heterocycles. The minimum Gasteiger partial charge on any atom is -0.228 e. The summed E-state index contributed by atoms with van der Waals surface area (Å²) in [6, 6.07) is 50.5. The molecule has 0 atom stereocenters. The van der Waals surface area contributed by atoms with Gasteiger partial charge in [-0.05, 0) is 90.7 Å². The van der Waals surface area contributed by atoms with E-state index in [1.807, 2.05) is 115 Å². The van der Waals surface area contributed by atoms with Gasteiger partial charge < -0.3 is 0 Å². The Kier molecular flexibility index (Phi) is 6.43. The third-order valence-electron chi connectivity index (χ3n) is 10.9. The summed E-state index contributed by atoms with van der Waals surface area (Å²) >= 11 is 0. The summed E-state index contributed by atoms with van der Waals surface area (Å²) in [4.78, 5) is 10.0. The minimum atomic E-state index is -0.422. The molecular formula is C53H38N2. The Labute approximate surface area is 330 Å². The summed E-state index contributed by atoms with van der Waals surface area (Å²) in [5.41, 5.74) is 11.7. The Morgan fingerprint density at radius 1 is 0.382 bits per heavy atom. The van der Waals surface area contributed by atoms with Crippen molar-refractivity contribution in [2.24, 2.45) is 0 Å². The fourth-order valence-electron chi connectivity index (χ4n) is 7.98. The number of aromatic nitrogens is 2. The lowest BCUT2D eigenvalue weighted by atomic mass is 9.80. The highest BCUT2D eigenvalue weighted by atomic mass is 14.9. The highest BCUT2D eigenvalue weighted by molar-refractivity contribution is 6.05. The molecule has 0 spiro atoms. The van der Waals surface area contributed by atoms with Gasteiger partial charge >= 0.3 is 0 Å². The molecule has 0 radical (unpaired) electrons. The summed E-state index contributed by atoms with van der Waals surface area (Å²) in [7, 11) is 0. The average Bonchev–Trinajstić information content (AvgIpc) is 3.53. The molecule has 0 N–H and O–H groups in total. The van der Waals surface area contributed by atoms with Crippen LogP contribution in [0.5, 0.6) is 0 Å². The van der Waals surface area contributed by atoms with Crippen LogP contribution in [0.1, 0.15) is 33.2 Å². The predicted molar refractivity (Wildman–Crippen MR) is 230 cm³/mol. The van der Waals surface area contributed by atoms with Gasteiger partial charge in [0.2, 0.25) is 0 Å². The monoisotopic (exact) mass is 708 g/mol. The smallest absolute Gasteiger partial charge is 0.160 e. The summed E-state index contributed by atoms with van der Waals surface area (Å²) in [6.07, 6.45) is 0. The average molecular weight is 709 g/mol. The topological polar surface area (TPSA) is 25.8 Å². The summed E-state index contributed by atoms with van der Waals surface area (Å²) in [5.74, 6) is 0.387. The van der Waals surface area contributed by atoms with Crippen molar-refractivity contribution >= 4 is 10.8 Å². The van der Waals surface area contributed by atoms with Crippen molar-refractivity contribution in [1.82, 2.24) is 9.97 Å². The molecule has 10 rings (SSSR count). The SMILES string of the molecule is [2H]c1c([2H])c([2H])c2c(-c3cc(-c4cccc(-c5ccccc5)c4)nc(-c4ccccc4)n3)c([2H])c([2H])c(-c3ccc4c(c3)C(C)(C)c3cc(-c5ccccc5)ccc3-4)c2c1[2H]. The highest BCUT2D eigenvalue weighted by Crippen LogP contribution is 2.51. The standard InChI is InChI=1S/C53H38N2/c1-53(2)48-32-39(36-17-8-4-9-18-36)25-27-45(48)46-28-26-40(33-49(46)53)42-29-30-47(44-24-13-12-23-43(42)44)51-34-50(54-52(55-51)37-19-10-5-11-20-37)41-22-14-21-38(31-41)35-15-6-3-7-16-35/h3-34H,1-2H3/i12D,13D,23D,24D,29D,30D. The lowest BCUT2D eigenvalue weighted by molar-refractivity contribution is 0.661. The van der Waals surface area contributed by atoms with E-state index in [9.17, 15) is 5.48 Å². The van der Waals surface area contributed by atoms with Crippen LogP contribution in [0.2, 0.25) is 0 Å². The number of benzene rings is 8. The molecule has 1 heterocycles. The van der Waals surface area contributed by atoms with E-state index in [4.69, 9.17) is 12.7 Å². The van der Waals surface area contributed by atoms with Crippen LogP contribution in [0, 0.1) is 0 Å². The molecule has 260 valence electrons. The lowest BCUT2D eigenvalue weighted by Gasteiger charge is -2.23. The lowest BCUT2D eigenvalue weighted by Crippen LogP contribution is -2.15. The summed E-state index contributed by atoms with van der Waals surface area (Å²) in [6.45, 7) is 4.38. The van der Waals surface area contributed by atoms with Crippen LogP contribution in [-0.4, -0.2) is 9.97 Å². The second kappa shape index (κ2) is 13.2. The van der Waals surface area contributed by atoms with E-state index in [1.54, 1.807) is 6.07 Å². The normalized spacial score (nSPS) is 14.2. The van der Waals surface area contributed by atoms with Crippen molar-refractivity contribution in [3.63, 3.8) is 0 Å². The van der Waals surface area contributed by atoms with Crippen molar-refractivity contribution in [1.29, 1.82) is 0 Å². The van der Waals surface area contributed by atoms with Crippen LogP contribution in [-0.2, 0) is 5.41 Å². The second-order valence-electron chi connectivity index (χ2n) is 14.5. The van der Waals surface area contributed by atoms with E-state index in [-0.39, 0.29) is 51.8 Å². The number of nitrogens with zero attached hydrogens (tertiary/aromatic N) is 2. The van der Waals surface area contributed by atoms with Crippen LogP contribution < -0.4 is 0 Å². The molecule has 2 nitrogen and oxygen atoms in total. The van der Waals surface area contributed by atoms with E-state index in [0.29, 0.717) is 17.1 Å². The Bertz CT molecular complexity index is 3220. The quantitative estimate of drug-likeness (QED) is 0.172. The number of fused-ring (bicyclic) bond motifs is 4. The van der Waals surface area contributed by atoms with E-state index in [2.05, 4.69) is 50.2 Å². The van der Waals surface area contributed by atoms with Gasteiger partial charge in [0.05, 0.1) is 19.6 Å². The molecule has 0 fully saturated rings. The van der Waals surface area contributed by atoms with E-state index < -0.39 is 17.5 Å². The first-order valence-corrected chi connectivity index (χ1v) is 18.5. The first-order chi connectivity index (χ1) is 29.5. The molecule has 9 aromatic rings. The molecule has 0 saturated carbocycles. The minimum absolute atomic E-state index is 0.138. The maximum absolute atomic E-state index is 9.73. The molecular weight excluding hydrogens is 665 g/mol. The maximum atomic E-state index is 9.73. The zero-order valence-electron chi connectivity index (χ0n) is 36.4. The van der Waals surface area contributed by atoms with Crippen LogP contribution in [0.4, 0.5) is 0 Å². The zero-order valence-corrected chi connectivity index (χ0v) is 30.4. The number of rotatable bonds is 6. The maximum Gasteiger partial charge on any atom is 0.160 e. The molecule has 2 heteroatoms. The Morgan fingerprint density at radius 3 is 1.53 bits per heavy atom. The fraction of sp³-hybridized carbons (Fsp3) is 0.0566. The summed E-state index contributed by atoms with van der Waals surface area (Å²) in [5, 5.41) is 0.313. The molecule has 1 aromatic heterocycles. The number of hydrogen-bond donors (Lipinski definition) is 0. The molecule has 0 bridgehead atoms. The van der Waals surface area contributed by atoms with Crippen LogP contribution >= 0.6 is 0 Å². The largest absolute Gasteiger partial charge is 0.228 e. The predicted octanol–water partition coefficient (Wildman–Crippen LogP) is 13.9.